The molecular weight excluding hydrogens is 278 g/mol. The van der Waals surface area contributed by atoms with Crippen LogP contribution in [-0.4, -0.2) is 42.4 Å². The third kappa shape index (κ3) is 2.42. The van der Waals surface area contributed by atoms with Gasteiger partial charge < -0.3 is 14.8 Å². The summed E-state index contributed by atoms with van der Waals surface area (Å²) in [6.07, 6.45) is 0.871. The molecule has 3 heterocycles. The van der Waals surface area contributed by atoms with Crippen LogP contribution in [0.4, 0.5) is 11.8 Å². The number of anilines is 2. The maximum Gasteiger partial charge on any atom is 0.240 e. The van der Waals surface area contributed by atoms with Crippen LogP contribution in [0.15, 0.2) is 11.4 Å². The van der Waals surface area contributed by atoms with E-state index in [0.717, 1.165) is 29.1 Å². The van der Waals surface area contributed by atoms with Crippen molar-refractivity contribution in [1.82, 2.24) is 9.97 Å². The summed E-state index contributed by atoms with van der Waals surface area (Å²) in [5.74, 6) is 6.56. The number of hydrogen-bond donors (Lipinski definition) is 3. The zero-order valence-corrected chi connectivity index (χ0v) is 12.0. The molecule has 1 atom stereocenters. The number of hydrazine groups is 1. The molecule has 2 aromatic rings. The summed E-state index contributed by atoms with van der Waals surface area (Å²) in [7, 11) is 1.71. The van der Waals surface area contributed by atoms with Crippen LogP contribution in [0.25, 0.3) is 10.2 Å². The molecule has 0 bridgehead atoms. The Morgan fingerprint density at radius 3 is 3.15 bits per heavy atom. The smallest absolute Gasteiger partial charge is 0.240 e. The number of fused-ring (bicyclic) bond motifs is 1. The highest BCUT2D eigenvalue weighted by molar-refractivity contribution is 7.16. The number of nitrogens with two attached hydrogens (primary N) is 1. The molecule has 0 saturated carbocycles. The number of thiophene rings is 1. The normalized spacial score (nSPS) is 22.3. The van der Waals surface area contributed by atoms with Crippen LogP contribution >= 0.6 is 11.3 Å². The Balaban J connectivity index is 1.84. The van der Waals surface area contributed by atoms with Gasteiger partial charge in [0.25, 0.3) is 0 Å². The van der Waals surface area contributed by atoms with Gasteiger partial charge in [0.05, 0.1) is 12.0 Å². The molecule has 0 amide bonds. The molecule has 1 unspecified atom stereocenters. The van der Waals surface area contributed by atoms with Gasteiger partial charge in [-0.15, -0.1) is 11.3 Å². The minimum absolute atomic E-state index is 0.288. The number of nitrogens with zero attached hydrogens (tertiary/aromatic N) is 2. The summed E-state index contributed by atoms with van der Waals surface area (Å²) in [5.41, 5.74) is 2.20. The maximum atomic E-state index is 5.60. The third-order valence-electron chi connectivity index (χ3n) is 3.53. The van der Waals surface area contributed by atoms with Gasteiger partial charge in [0, 0.05) is 26.7 Å². The lowest BCUT2D eigenvalue weighted by molar-refractivity contribution is -0.00623. The van der Waals surface area contributed by atoms with Crippen LogP contribution < -0.4 is 16.6 Å². The van der Waals surface area contributed by atoms with Crippen LogP contribution in [0, 0.1) is 0 Å². The first-order valence-corrected chi connectivity index (χ1v) is 7.23. The van der Waals surface area contributed by atoms with Crippen LogP contribution in [-0.2, 0) is 9.47 Å². The lowest BCUT2D eigenvalue weighted by atomic mass is 10.0. The monoisotopic (exact) mass is 295 g/mol. The molecule has 2 aromatic heterocycles. The summed E-state index contributed by atoms with van der Waals surface area (Å²) >= 11 is 1.55. The number of ether oxygens (including phenoxy) is 2. The Hall–Kier alpha value is -1.48. The van der Waals surface area contributed by atoms with Crippen LogP contribution in [0.2, 0.25) is 0 Å². The van der Waals surface area contributed by atoms with E-state index in [0.29, 0.717) is 19.1 Å². The first-order chi connectivity index (χ1) is 9.76. The molecule has 1 aliphatic rings. The van der Waals surface area contributed by atoms with Crippen LogP contribution in [0.3, 0.4) is 0 Å². The Morgan fingerprint density at radius 1 is 1.55 bits per heavy atom. The summed E-state index contributed by atoms with van der Waals surface area (Å²) < 4.78 is 11.0. The van der Waals surface area contributed by atoms with Crippen molar-refractivity contribution in [2.75, 3.05) is 37.6 Å². The zero-order chi connectivity index (χ0) is 14.0. The minimum atomic E-state index is -0.288. The molecule has 1 saturated heterocycles. The number of aromatic nitrogens is 2. The highest BCUT2D eigenvalue weighted by Crippen LogP contribution is 2.28. The molecule has 1 aliphatic heterocycles. The van der Waals surface area contributed by atoms with Gasteiger partial charge in [-0.2, -0.15) is 4.98 Å². The van der Waals surface area contributed by atoms with Crippen molar-refractivity contribution >= 4 is 33.3 Å². The van der Waals surface area contributed by atoms with Gasteiger partial charge in [0.15, 0.2) is 0 Å². The number of hydrogen-bond acceptors (Lipinski definition) is 8. The molecule has 0 radical (unpaired) electrons. The van der Waals surface area contributed by atoms with Crippen LogP contribution in [0.5, 0.6) is 0 Å². The summed E-state index contributed by atoms with van der Waals surface area (Å²) in [6.45, 7) is 1.95. The van der Waals surface area contributed by atoms with Gasteiger partial charge >= 0.3 is 0 Å². The Labute approximate surface area is 120 Å². The Kier molecular flexibility index (Phi) is 3.70. The topological polar surface area (TPSA) is 94.3 Å². The fourth-order valence-electron chi connectivity index (χ4n) is 2.26. The molecule has 0 spiro atoms. The molecule has 0 aromatic carbocycles. The summed E-state index contributed by atoms with van der Waals surface area (Å²) in [6, 6.07) is 1.99. The van der Waals surface area contributed by atoms with Gasteiger partial charge in [-0.1, -0.05) is 0 Å². The van der Waals surface area contributed by atoms with E-state index in [4.69, 9.17) is 15.3 Å². The number of rotatable bonds is 5. The van der Waals surface area contributed by atoms with E-state index in [2.05, 4.69) is 20.7 Å². The van der Waals surface area contributed by atoms with Crippen molar-refractivity contribution in [2.24, 2.45) is 5.84 Å². The molecule has 108 valence electrons. The van der Waals surface area contributed by atoms with E-state index in [-0.39, 0.29) is 5.60 Å². The molecule has 8 heteroatoms. The predicted molar refractivity (Wildman–Crippen MR) is 78.9 cm³/mol. The van der Waals surface area contributed by atoms with Crippen molar-refractivity contribution in [2.45, 2.75) is 12.0 Å². The summed E-state index contributed by atoms with van der Waals surface area (Å²) in [5, 5.41) is 6.30. The van der Waals surface area contributed by atoms with E-state index < -0.39 is 0 Å². The molecule has 4 N–H and O–H groups in total. The zero-order valence-electron chi connectivity index (χ0n) is 11.2. The van der Waals surface area contributed by atoms with Gasteiger partial charge in [0.2, 0.25) is 5.95 Å². The standard InChI is InChI=1S/C12H17N5O2S/c1-18-12(3-4-19-7-12)6-14-9-8-2-5-20-10(8)16-11(15-9)17-13/h2,5H,3-4,6-7,13H2,1H3,(H2,14,15,16,17). The Bertz CT molecular complexity index is 597. The number of nitrogens with one attached hydrogen (secondary N) is 2. The Morgan fingerprint density at radius 2 is 2.45 bits per heavy atom. The average molecular weight is 295 g/mol. The highest BCUT2D eigenvalue weighted by atomic mass is 32.1. The maximum absolute atomic E-state index is 5.60. The third-order valence-corrected chi connectivity index (χ3v) is 4.34. The van der Waals surface area contributed by atoms with Gasteiger partial charge in [-0.3, -0.25) is 5.43 Å². The van der Waals surface area contributed by atoms with E-state index in [1.807, 2.05) is 11.4 Å². The molecule has 3 rings (SSSR count). The van der Waals surface area contributed by atoms with Crippen molar-refractivity contribution in [3.05, 3.63) is 11.4 Å². The van der Waals surface area contributed by atoms with Gasteiger partial charge in [-0.25, -0.2) is 10.8 Å². The lowest BCUT2D eigenvalue weighted by Gasteiger charge is -2.26. The fraction of sp³-hybridized carbons (Fsp3) is 0.500. The molecular formula is C12H17N5O2S. The SMILES string of the molecule is COC1(CNc2nc(NN)nc3sccc23)CCOC1. The molecule has 1 fully saturated rings. The van der Waals surface area contributed by atoms with Gasteiger partial charge in [0.1, 0.15) is 16.2 Å². The second-order valence-electron chi connectivity index (χ2n) is 4.72. The molecule has 7 nitrogen and oxygen atoms in total. The van der Waals surface area contributed by atoms with E-state index in [1.54, 1.807) is 18.4 Å². The second kappa shape index (κ2) is 5.49. The first kappa shape index (κ1) is 13.5. The minimum Gasteiger partial charge on any atom is -0.378 e. The van der Waals surface area contributed by atoms with E-state index in [9.17, 15) is 0 Å². The van der Waals surface area contributed by atoms with E-state index >= 15 is 0 Å². The van der Waals surface area contributed by atoms with Crippen molar-refractivity contribution in [3.8, 4) is 0 Å². The highest BCUT2D eigenvalue weighted by Gasteiger charge is 2.35. The van der Waals surface area contributed by atoms with Crippen LogP contribution in [0.1, 0.15) is 6.42 Å². The number of methoxy groups -OCH3 is 1. The quantitative estimate of drug-likeness (QED) is 0.563. The number of nitrogen functional groups attached to an aromatic ring is 1. The summed E-state index contributed by atoms with van der Waals surface area (Å²) in [4.78, 5) is 9.57. The molecule has 20 heavy (non-hydrogen) atoms. The first-order valence-electron chi connectivity index (χ1n) is 6.35. The molecule has 0 aliphatic carbocycles. The largest absolute Gasteiger partial charge is 0.378 e. The predicted octanol–water partition coefficient (Wildman–Crippen LogP) is 1.19. The lowest BCUT2D eigenvalue weighted by Crippen LogP contribution is -2.39. The van der Waals surface area contributed by atoms with Crippen molar-refractivity contribution < 1.29 is 9.47 Å². The second-order valence-corrected chi connectivity index (χ2v) is 5.62. The van der Waals surface area contributed by atoms with Crippen molar-refractivity contribution in [1.29, 1.82) is 0 Å². The van der Waals surface area contributed by atoms with E-state index in [1.165, 1.54) is 0 Å². The van der Waals surface area contributed by atoms with Gasteiger partial charge in [-0.05, 0) is 11.4 Å². The average Bonchev–Trinajstić information content (AvgIpc) is 3.14. The fourth-order valence-corrected chi connectivity index (χ4v) is 3.02. The van der Waals surface area contributed by atoms with Crippen molar-refractivity contribution in [3.63, 3.8) is 0 Å².